The summed E-state index contributed by atoms with van der Waals surface area (Å²) in [4.78, 5) is 4.47. The van der Waals surface area contributed by atoms with E-state index in [4.69, 9.17) is 9.31 Å². The van der Waals surface area contributed by atoms with E-state index < -0.39 is 18.3 Å². The molecule has 1 aromatic heterocycles. The van der Waals surface area contributed by atoms with Gasteiger partial charge in [0.25, 0.3) is 0 Å². The molecule has 1 saturated heterocycles. The third-order valence-corrected chi connectivity index (χ3v) is 6.20. The zero-order valence-electron chi connectivity index (χ0n) is 18.1. The second-order valence-electron chi connectivity index (χ2n) is 8.80. The van der Waals surface area contributed by atoms with Gasteiger partial charge in [0.1, 0.15) is 6.07 Å². The molecule has 2 heterocycles. The molecule has 1 N–H and O–H groups in total. The summed E-state index contributed by atoms with van der Waals surface area (Å²) >= 11 is 0. The van der Waals surface area contributed by atoms with E-state index in [0.717, 1.165) is 27.6 Å². The Labute approximate surface area is 178 Å². The molecular weight excluding hydrogens is 373 g/mol. The highest BCUT2D eigenvalue weighted by atomic mass is 16.7. The first kappa shape index (κ1) is 20.4. The van der Waals surface area contributed by atoms with E-state index in [0.29, 0.717) is 5.56 Å². The molecule has 0 spiro atoms. The number of aromatic nitrogens is 1. The number of nitriles is 1. The smallest absolute Gasteiger partial charge is 0.399 e. The third kappa shape index (κ3) is 3.56. The zero-order valence-corrected chi connectivity index (χ0v) is 18.1. The monoisotopic (exact) mass is 399 g/mol. The Morgan fingerprint density at radius 2 is 1.70 bits per heavy atom. The lowest BCUT2D eigenvalue weighted by atomic mass is 9.78. The van der Waals surface area contributed by atoms with Crippen LogP contribution < -0.4 is 10.8 Å². The maximum absolute atomic E-state index is 9.70. The van der Waals surface area contributed by atoms with Crippen LogP contribution in [-0.2, 0) is 9.31 Å². The van der Waals surface area contributed by atoms with Gasteiger partial charge in [-0.3, -0.25) is 4.98 Å². The number of nitrogens with zero attached hydrogens (tertiary/aromatic N) is 2. The Hall–Kier alpha value is -2.88. The van der Waals surface area contributed by atoms with Gasteiger partial charge in [0.15, 0.2) is 0 Å². The van der Waals surface area contributed by atoms with Crippen molar-refractivity contribution in [1.29, 1.82) is 5.26 Å². The molecule has 5 nitrogen and oxygen atoms in total. The molecule has 0 aliphatic carbocycles. The number of benzene rings is 2. The summed E-state index contributed by atoms with van der Waals surface area (Å²) in [7, 11) is -0.468. The van der Waals surface area contributed by atoms with Crippen LogP contribution in [0, 0.1) is 11.3 Å². The van der Waals surface area contributed by atoms with Gasteiger partial charge >= 0.3 is 7.12 Å². The van der Waals surface area contributed by atoms with E-state index in [1.165, 1.54) is 0 Å². The van der Waals surface area contributed by atoms with Crippen molar-refractivity contribution >= 4 is 29.2 Å². The van der Waals surface area contributed by atoms with E-state index in [-0.39, 0.29) is 6.04 Å². The molecule has 0 saturated carbocycles. The molecule has 1 atom stereocenters. The minimum absolute atomic E-state index is 0.0319. The largest absolute Gasteiger partial charge is 0.494 e. The fraction of sp³-hybridized carbons (Fsp3) is 0.333. The van der Waals surface area contributed by atoms with Gasteiger partial charge < -0.3 is 14.6 Å². The fourth-order valence-corrected chi connectivity index (χ4v) is 3.62. The molecule has 2 aromatic carbocycles. The standard InChI is InChI=1S/C24H26BN3O2/c1-16(17-9-7-6-8-10-17)28-22-18(14-26)15-27-21-12-11-19(13-20(21)22)25-29-23(2,3)24(4,5)30-25/h6-13,15-16H,1-5H3,(H,27,28). The van der Waals surface area contributed by atoms with Gasteiger partial charge in [-0.1, -0.05) is 42.5 Å². The Bertz CT molecular complexity index is 1110. The Kier molecular flexibility index (Phi) is 5.05. The lowest BCUT2D eigenvalue weighted by Crippen LogP contribution is -2.41. The number of fused-ring (bicyclic) bond motifs is 1. The summed E-state index contributed by atoms with van der Waals surface area (Å²) in [5.41, 5.74) is 3.33. The second kappa shape index (κ2) is 7.43. The quantitative estimate of drug-likeness (QED) is 0.651. The van der Waals surface area contributed by atoms with Crippen molar-refractivity contribution in [3.05, 3.63) is 65.9 Å². The lowest BCUT2D eigenvalue weighted by Gasteiger charge is -2.32. The molecule has 3 aromatic rings. The van der Waals surface area contributed by atoms with Crippen molar-refractivity contribution in [3.8, 4) is 6.07 Å². The van der Waals surface area contributed by atoms with Crippen molar-refractivity contribution in [2.75, 3.05) is 5.32 Å². The van der Waals surface area contributed by atoms with Crippen molar-refractivity contribution in [2.24, 2.45) is 0 Å². The normalized spacial score (nSPS) is 18.2. The maximum atomic E-state index is 9.70. The first-order chi connectivity index (χ1) is 14.2. The van der Waals surface area contributed by atoms with E-state index in [9.17, 15) is 5.26 Å². The molecule has 0 radical (unpaired) electrons. The van der Waals surface area contributed by atoms with Crippen LogP contribution in [0.5, 0.6) is 0 Å². The Morgan fingerprint density at radius 3 is 2.33 bits per heavy atom. The number of anilines is 1. The molecule has 30 heavy (non-hydrogen) atoms. The summed E-state index contributed by atoms with van der Waals surface area (Å²) in [6.07, 6.45) is 1.62. The fourth-order valence-electron chi connectivity index (χ4n) is 3.62. The van der Waals surface area contributed by atoms with Crippen LogP contribution in [0.15, 0.2) is 54.7 Å². The van der Waals surface area contributed by atoms with Crippen molar-refractivity contribution in [1.82, 2.24) is 4.98 Å². The third-order valence-electron chi connectivity index (χ3n) is 6.20. The first-order valence-electron chi connectivity index (χ1n) is 10.2. The van der Waals surface area contributed by atoms with Gasteiger partial charge in [0, 0.05) is 17.6 Å². The topological polar surface area (TPSA) is 67.2 Å². The van der Waals surface area contributed by atoms with E-state index >= 15 is 0 Å². The first-order valence-corrected chi connectivity index (χ1v) is 10.2. The highest BCUT2D eigenvalue weighted by Crippen LogP contribution is 2.37. The molecule has 4 rings (SSSR count). The molecule has 152 valence electrons. The average Bonchev–Trinajstić information content (AvgIpc) is 2.95. The molecule has 1 aliphatic rings. The summed E-state index contributed by atoms with van der Waals surface area (Å²) < 4.78 is 12.4. The van der Waals surface area contributed by atoms with Crippen LogP contribution in [-0.4, -0.2) is 23.3 Å². The molecule has 6 heteroatoms. The Morgan fingerprint density at radius 1 is 1.03 bits per heavy atom. The molecular formula is C24H26BN3O2. The average molecular weight is 399 g/mol. The van der Waals surface area contributed by atoms with Crippen molar-refractivity contribution < 1.29 is 9.31 Å². The molecule has 1 fully saturated rings. The van der Waals surface area contributed by atoms with Crippen LogP contribution in [0.3, 0.4) is 0 Å². The zero-order chi connectivity index (χ0) is 21.5. The van der Waals surface area contributed by atoms with E-state index in [1.54, 1.807) is 6.20 Å². The summed E-state index contributed by atoms with van der Waals surface area (Å²) in [5, 5.41) is 14.1. The van der Waals surface area contributed by atoms with Gasteiger partial charge in [0.05, 0.1) is 28.0 Å². The number of rotatable bonds is 4. The van der Waals surface area contributed by atoms with E-state index in [2.05, 4.69) is 35.4 Å². The summed E-state index contributed by atoms with van der Waals surface area (Å²) in [6.45, 7) is 10.2. The van der Waals surface area contributed by atoms with Gasteiger partial charge in [-0.2, -0.15) is 5.26 Å². The molecule has 0 amide bonds. The highest BCUT2D eigenvalue weighted by molar-refractivity contribution is 6.62. The number of hydrogen-bond donors (Lipinski definition) is 1. The van der Waals surface area contributed by atoms with Crippen LogP contribution in [0.4, 0.5) is 5.69 Å². The highest BCUT2D eigenvalue weighted by Gasteiger charge is 2.51. The van der Waals surface area contributed by atoms with Crippen LogP contribution >= 0.6 is 0 Å². The lowest BCUT2D eigenvalue weighted by molar-refractivity contribution is 0.00578. The predicted octanol–water partition coefficient (Wildman–Crippen LogP) is 4.58. The number of nitrogens with one attached hydrogen (secondary N) is 1. The van der Waals surface area contributed by atoms with E-state index in [1.807, 2.05) is 64.1 Å². The molecule has 0 bridgehead atoms. The van der Waals surface area contributed by atoms with Crippen molar-refractivity contribution in [2.45, 2.75) is 51.9 Å². The van der Waals surface area contributed by atoms with Gasteiger partial charge in [0.2, 0.25) is 0 Å². The van der Waals surface area contributed by atoms with Crippen LogP contribution in [0.25, 0.3) is 10.9 Å². The molecule has 1 aliphatic heterocycles. The Balaban J connectivity index is 1.76. The number of pyridine rings is 1. The van der Waals surface area contributed by atoms with Gasteiger partial charge in [-0.15, -0.1) is 0 Å². The minimum atomic E-state index is -0.468. The molecule has 1 unspecified atom stereocenters. The maximum Gasteiger partial charge on any atom is 0.494 e. The van der Waals surface area contributed by atoms with Gasteiger partial charge in [-0.25, -0.2) is 0 Å². The summed E-state index contributed by atoms with van der Waals surface area (Å²) in [6, 6.07) is 18.4. The number of hydrogen-bond acceptors (Lipinski definition) is 5. The predicted molar refractivity (Wildman–Crippen MR) is 121 cm³/mol. The summed E-state index contributed by atoms with van der Waals surface area (Å²) in [5.74, 6) is 0. The van der Waals surface area contributed by atoms with Gasteiger partial charge in [-0.05, 0) is 51.7 Å². The SMILES string of the molecule is CC(Nc1c(C#N)cnc2ccc(B3OC(C)(C)C(C)(C)O3)cc12)c1ccccc1. The van der Waals surface area contributed by atoms with Crippen LogP contribution in [0.2, 0.25) is 0 Å². The van der Waals surface area contributed by atoms with Crippen molar-refractivity contribution in [3.63, 3.8) is 0 Å². The van der Waals surface area contributed by atoms with Crippen LogP contribution in [0.1, 0.15) is 51.8 Å². The minimum Gasteiger partial charge on any atom is -0.399 e. The second-order valence-corrected chi connectivity index (χ2v) is 8.80.